The topological polar surface area (TPSA) is 73.6 Å². The highest BCUT2D eigenvalue weighted by molar-refractivity contribution is 5.85. The fourth-order valence-electron chi connectivity index (χ4n) is 5.33. The SMILES string of the molecule is Cl.Cl.O=C1N(CC2CC2)CC(O)CC12CCN(Cc1cc3n(n1)CCCNC3)CC2. The number of aliphatic hydroxyl groups excluding tert-OH is 1. The number of fused-ring (bicyclic) bond motifs is 1. The van der Waals surface area contributed by atoms with Crippen LogP contribution in [-0.4, -0.2) is 69.4 Å². The van der Waals surface area contributed by atoms with Crippen LogP contribution in [0.3, 0.4) is 0 Å². The molecule has 0 radical (unpaired) electrons. The van der Waals surface area contributed by atoms with Gasteiger partial charge in [0.1, 0.15) is 0 Å². The molecule has 1 amide bonds. The number of nitrogens with one attached hydrogen (secondary N) is 1. The van der Waals surface area contributed by atoms with Crippen LogP contribution in [-0.2, 0) is 24.4 Å². The van der Waals surface area contributed by atoms with Crippen molar-refractivity contribution >= 4 is 30.7 Å². The van der Waals surface area contributed by atoms with E-state index in [0.717, 1.165) is 70.8 Å². The molecule has 7 nitrogen and oxygen atoms in total. The molecule has 2 N–H and O–H groups in total. The van der Waals surface area contributed by atoms with E-state index in [-0.39, 0.29) is 36.3 Å². The first-order valence-electron chi connectivity index (χ1n) is 11.1. The number of likely N-dealkylation sites (tertiary alicyclic amines) is 2. The van der Waals surface area contributed by atoms with Gasteiger partial charge in [0.2, 0.25) is 5.91 Å². The second kappa shape index (κ2) is 9.74. The van der Waals surface area contributed by atoms with Gasteiger partial charge in [-0.15, -0.1) is 24.8 Å². The highest BCUT2D eigenvalue weighted by Gasteiger charge is 2.49. The second-order valence-corrected chi connectivity index (χ2v) is 9.45. The highest BCUT2D eigenvalue weighted by Crippen LogP contribution is 2.42. The molecule has 1 saturated carbocycles. The number of β-amino-alcohol motifs (C(OH)–C–C–N with tert-alkyl or cyclic N) is 1. The molecule has 1 aliphatic carbocycles. The van der Waals surface area contributed by atoms with Crippen molar-refractivity contribution in [2.45, 2.75) is 64.3 Å². The molecule has 0 aromatic carbocycles. The number of amides is 1. The molecular weight excluding hydrogens is 425 g/mol. The molecule has 2 saturated heterocycles. The molecule has 9 heteroatoms. The number of aromatic nitrogens is 2. The Hall–Kier alpha value is -0.860. The van der Waals surface area contributed by atoms with E-state index in [4.69, 9.17) is 5.10 Å². The lowest BCUT2D eigenvalue weighted by molar-refractivity contribution is -0.157. The minimum atomic E-state index is -0.362. The van der Waals surface area contributed by atoms with E-state index in [0.29, 0.717) is 24.8 Å². The van der Waals surface area contributed by atoms with Gasteiger partial charge in [0, 0.05) is 32.7 Å². The highest BCUT2D eigenvalue weighted by atomic mass is 35.5. The van der Waals surface area contributed by atoms with Gasteiger partial charge in [-0.3, -0.25) is 14.4 Å². The van der Waals surface area contributed by atoms with E-state index in [2.05, 4.69) is 21.0 Å². The fourth-order valence-corrected chi connectivity index (χ4v) is 5.33. The van der Waals surface area contributed by atoms with Gasteiger partial charge in [0.05, 0.1) is 22.9 Å². The lowest BCUT2D eigenvalue weighted by Gasteiger charge is -2.48. The van der Waals surface area contributed by atoms with Crippen LogP contribution >= 0.6 is 24.8 Å². The lowest BCUT2D eigenvalue weighted by atomic mass is 9.70. The summed E-state index contributed by atoms with van der Waals surface area (Å²) >= 11 is 0. The van der Waals surface area contributed by atoms with Crippen molar-refractivity contribution in [1.29, 1.82) is 0 Å². The summed E-state index contributed by atoms with van der Waals surface area (Å²) in [5.41, 5.74) is 2.08. The van der Waals surface area contributed by atoms with Crippen LogP contribution < -0.4 is 5.32 Å². The Morgan fingerprint density at radius 3 is 2.70 bits per heavy atom. The fraction of sp³-hybridized carbons (Fsp3) is 0.810. The maximum Gasteiger partial charge on any atom is 0.229 e. The number of carbonyl (C=O) groups is 1. The van der Waals surface area contributed by atoms with Crippen molar-refractivity contribution in [3.05, 3.63) is 17.5 Å². The van der Waals surface area contributed by atoms with Crippen LogP contribution in [0.1, 0.15) is 49.9 Å². The molecule has 30 heavy (non-hydrogen) atoms. The molecule has 5 rings (SSSR count). The van der Waals surface area contributed by atoms with Crippen molar-refractivity contribution in [2.24, 2.45) is 11.3 Å². The Bertz CT molecular complexity index is 705. The Kier molecular flexibility index (Phi) is 7.72. The monoisotopic (exact) mass is 459 g/mol. The molecule has 170 valence electrons. The van der Waals surface area contributed by atoms with Gasteiger partial charge in [-0.25, -0.2) is 0 Å². The molecular formula is C21H35Cl2N5O2. The molecule has 3 aliphatic heterocycles. The zero-order valence-corrected chi connectivity index (χ0v) is 19.2. The van der Waals surface area contributed by atoms with Crippen molar-refractivity contribution in [1.82, 2.24) is 24.9 Å². The predicted molar refractivity (Wildman–Crippen MR) is 120 cm³/mol. The molecule has 3 fully saturated rings. The summed E-state index contributed by atoms with van der Waals surface area (Å²) in [4.78, 5) is 17.6. The maximum atomic E-state index is 13.2. The number of piperidine rings is 2. The summed E-state index contributed by atoms with van der Waals surface area (Å²) < 4.78 is 2.15. The van der Waals surface area contributed by atoms with E-state index < -0.39 is 0 Å². The Morgan fingerprint density at radius 1 is 1.20 bits per heavy atom. The average Bonchev–Trinajstić information content (AvgIpc) is 3.45. The second-order valence-electron chi connectivity index (χ2n) is 9.45. The van der Waals surface area contributed by atoms with Gasteiger partial charge in [0.25, 0.3) is 0 Å². The zero-order chi connectivity index (χ0) is 19.1. The van der Waals surface area contributed by atoms with E-state index in [1.165, 1.54) is 18.5 Å². The summed E-state index contributed by atoms with van der Waals surface area (Å²) in [7, 11) is 0. The van der Waals surface area contributed by atoms with Gasteiger partial charge in [-0.2, -0.15) is 5.10 Å². The molecule has 1 spiro atoms. The third-order valence-corrected chi connectivity index (χ3v) is 7.12. The predicted octanol–water partition coefficient (Wildman–Crippen LogP) is 1.81. The average molecular weight is 460 g/mol. The standard InChI is InChI=1S/C21H33N5O2.2ClH/c27-19-11-21(20(28)25(15-19)13-16-2-3-16)4-8-24(9-5-21)14-17-10-18-12-22-6-1-7-26(18)23-17;;/h10,16,19,22,27H,1-9,11-15H2;2*1H. The van der Waals surface area contributed by atoms with Gasteiger partial charge in [0.15, 0.2) is 0 Å². The molecule has 0 bridgehead atoms. The van der Waals surface area contributed by atoms with E-state index in [9.17, 15) is 9.90 Å². The zero-order valence-electron chi connectivity index (χ0n) is 17.6. The number of rotatable bonds is 4. The third kappa shape index (κ3) is 4.96. The summed E-state index contributed by atoms with van der Waals surface area (Å²) in [6.07, 6.45) is 5.61. The van der Waals surface area contributed by atoms with Gasteiger partial charge in [-0.05, 0) is 70.1 Å². The van der Waals surface area contributed by atoms with E-state index >= 15 is 0 Å². The van der Waals surface area contributed by atoms with E-state index in [1.807, 2.05) is 4.90 Å². The van der Waals surface area contributed by atoms with Gasteiger partial charge < -0.3 is 15.3 Å². The summed E-state index contributed by atoms with van der Waals surface area (Å²) in [5, 5.41) is 18.7. The van der Waals surface area contributed by atoms with Crippen molar-refractivity contribution in [2.75, 3.05) is 32.7 Å². The first-order chi connectivity index (χ1) is 13.6. The lowest BCUT2D eigenvalue weighted by Crippen LogP contribution is -2.57. The number of carbonyl (C=O) groups excluding carboxylic acids is 1. The van der Waals surface area contributed by atoms with Crippen LogP contribution in [0.4, 0.5) is 0 Å². The summed E-state index contributed by atoms with van der Waals surface area (Å²) in [5.74, 6) is 0.987. The quantitative estimate of drug-likeness (QED) is 0.717. The number of nitrogens with zero attached hydrogens (tertiary/aromatic N) is 4. The Labute approximate surface area is 191 Å². The van der Waals surface area contributed by atoms with Gasteiger partial charge >= 0.3 is 0 Å². The van der Waals surface area contributed by atoms with Crippen LogP contribution in [0.5, 0.6) is 0 Å². The first kappa shape index (κ1) is 23.8. The van der Waals surface area contributed by atoms with Crippen molar-refractivity contribution < 1.29 is 9.90 Å². The van der Waals surface area contributed by atoms with Crippen molar-refractivity contribution in [3.8, 4) is 0 Å². The third-order valence-electron chi connectivity index (χ3n) is 7.12. The number of aryl methyl sites for hydroxylation is 1. The smallest absolute Gasteiger partial charge is 0.229 e. The number of halogens is 2. The molecule has 1 atom stereocenters. The largest absolute Gasteiger partial charge is 0.391 e. The molecule has 1 aromatic heterocycles. The Balaban J connectivity index is 0.00000128. The van der Waals surface area contributed by atoms with Crippen LogP contribution in [0.2, 0.25) is 0 Å². The van der Waals surface area contributed by atoms with Crippen LogP contribution in [0, 0.1) is 11.3 Å². The number of hydrogen-bond acceptors (Lipinski definition) is 5. The molecule has 1 aromatic rings. The summed E-state index contributed by atoms with van der Waals surface area (Å²) in [6.45, 7) is 7.04. The minimum Gasteiger partial charge on any atom is -0.391 e. The van der Waals surface area contributed by atoms with Gasteiger partial charge in [-0.1, -0.05) is 0 Å². The van der Waals surface area contributed by atoms with Crippen LogP contribution in [0.15, 0.2) is 6.07 Å². The van der Waals surface area contributed by atoms with Crippen molar-refractivity contribution in [3.63, 3.8) is 0 Å². The Morgan fingerprint density at radius 2 is 1.97 bits per heavy atom. The molecule has 4 aliphatic rings. The van der Waals surface area contributed by atoms with Crippen LogP contribution in [0.25, 0.3) is 0 Å². The minimum absolute atomic E-state index is 0. The molecule has 4 heterocycles. The maximum absolute atomic E-state index is 13.2. The molecule has 1 unspecified atom stereocenters. The first-order valence-corrected chi connectivity index (χ1v) is 11.1. The number of aliphatic hydroxyl groups is 1. The van der Waals surface area contributed by atoms with E-state index in [1.54, 1.807) is 0 Å². The summed E-state index contributed by atoms with van der Waals surface area (Å²) in [6, 6.07) is 2.23. The normalized spacial score (nSPS) is 26.5. The number of hydrogen-bond donors (Lipinski definition) is 2.